The molecule has 1 aromatic heterocycles. The molecule has 0 fully saturated rings. The van der Waals surface area contributed by atoms with Crippen molar-refractivity contribution < 1.29 is 14.6 Å². The Bertz CT molecular complexity index is 809. The van der Waals surface area contributed by atoms with Crippen molar-refractivity contribution in [2.45, 2.75) is 32.6 Å². The highest BCUT2D eigenvalue weighted by atomic mass is 16.5. The van der Waals surface area contributed by atoms with Crippen molar-refractivity contribution in [2.24, 2.45) is 0 Å². The first kappa shape index (κ1) is 20.5. The zero-order valence-corrected chi connectivity index (χ0v) is 16.5. The minimum absolute atomic E-state index is 0.0112. The maximum absolute atomic E-state index is 12.5. The number of pyridine rings is 1. The number of hydrogen-bond donors (Lipinski definition) is 1. The Morgan fingerprint density at radius 1 is 1.26 bits per heavy atom. The molecule has 2 rings (SSSR count). The lowest BCUT2D eigenvalue weighted by molar-refractivity contribution is -0.129. The molecule has 0 atom stereocenters. The van der Waals surface area contributed by atoms with E-state index in [1.807, 2.05) is 18.2 Å². The summed E-state index contributed by atoms with van der Waals surface area (Å²) in [6.45, 7) is 10.8. The maximum atomic E-state index is 12.5. The van der Waals surface area contributed by atoms with Crippen LogP contribution in [0.5, 0.6) is 5.75 Å². The number of hydrogen-bond acceptors (Lipinski definition) is 4. The number of likely N-dealkylation sites (N-methyl/N-ethyl adjacent to an activating group) is 1. The first-order valence-corrected chi connectivity index (χ1v) is 8.97. The smallest absolute Gasteiger partial charge is 0.226 e. The first-order valence-electron chi connectivity index (χ1n) is 8.97. The molecule has 0 aliphatic heterocycles. The average Bonchev–Trinajstić information content (AvgIpc) is 2.61. The van der Waals surface area contributed by atoms with Gasteiger partial charge in [0.25, 0.3) is 0 Å². The van der Waals surface area contributed by atoms with Gasteiger partial charge in [0.2, 0.25) is 5.91 Å². The van der Waals surface area contributed by atoms with Crippen molar-refractivity contribution in [3.05, 3.63) is 66.0 Å². The molecule has 144 valence electrons. The molecule has 27 heavy (non-hydrogen) atoms. The first-order chi connectivity index (χ1) is 12.7. The topological polar surface area (TPSA) is 62.7 Å². The molecule has 1 amide bonds. The predicted molar refractivity (Wildman–Crippen MR) is 108 cm³/mol. The van der Waals surface area contributed by atoms with Crippen LogP contribution in [0.15, 0.2) is 49.3 Å². The predicted octanol–water partition coefficient (Wildman–Crippen LogP) is 3.99. The number of ether oxygens (including phenoxy) is 1. The number of rotatable bonds is 7. The Morgan fingerprint density at radius 3 is 2.63 bits per heavy atom. The number of aliphatic hydroxyl groups excluding tert-OH is 1. The van der Waals surface area contributed by atoms with E-state index in [1.165, 1.54) is 6.20 Å². The van der Waals surface area contributed by atoms with E-state index >= 15 is 0 Å². The molecule has 0 bridgehead atoms. The number of carbonyl (C=O) groups excluding carboxylic acids is 1. The van der Waals surface area contributed by atoms with Gasteiger partial charge in [-0.25, -0.2) is 0 Å². The van der Waals surface area contributed by atoms with Gasteiger partial charge in [-0.15, -0.1) is 0 Å². The van der Waals surface area contributed by atoms with Gasteiger partial charge in [0.05, 0.1) is 13.0 Å². The molecular formula is C22H28N2O3. The van der Waals surface area contributed by atoms with Crippen LogP contribution in [-0.4, -0.2) is 41.1 Å². The summed E-state index contributed by atoms with van der Waals surface area (Å²) in [5.41, 5.74) is 2.33. The van der Waals surface area contributed by atoms with E-state index in [0.29, 0.717) is 24.3 Å². The summed E-state index contributed by atoms with van der Waals surface area (Å²) in [7, 11) is 1.75. The van der Waals surface area contributed by atoms with Crippen LogP contribution in [0, 0.1) is 0 Å². The zero-order valence-electron chi connectivity index (χ0n) is 16.5. The monoisotopic (exact) mass is 368 g/mol. The quantitative estimate of drug-likeness (QED) is 0.751. The summed E-state index contributed by atoms with van der Waals surface area (Å²) in [6, 6.07) is 9.70. The van der Waals surface area contributed by atoms with E-state index in [4.69, 9.17) is 4.74 Å². The second kappa shape index (κ2) is 8.71. The fourth-order valence-corrected chi connectivity index (χ4v) is 2.76. The van der Waals surface area contributed by atoms with Crippen LogP contribution in [0.3, 0.4) is 0 Å². The Balaban J connectivity index is 1.94. The molecule has 0 saturated heterocycles. The summed E-state index contributed by atoms with van der Waals surface area (Å²) in [4.78, 5) is 18.1. The fraction of sp³-hybridized carbons (Fsp3) is 0.364. The van der Waals surface area contributed by atoms with E-state index < -0.39 is 0 Å². The summed E-state index contributed by atoms with van der Waals surface area (Å²) >= 11 is 0. The molecule has 5 nitrogen and oxygen atoms in total. The minimum atomic E-state index is -0.0873. The number of para-hydroxylation sites is 1. The number of carbonyl (C=O) groups is 1. The largest absolute Gasteiger partial charge is 0.508 e. The van der Waals surface area contributed by atoms with E-state index in [0.717, 1.165) is 11.3 Å². The lowest BCUT2D eigenvalue weighted by Crippen LogP contribution is -2.32. The molecule has 0 radical (unpaired) electrons. The van der Waals surface area contributed by atoms with Gasteiger partial charge >= 0.3 is 0 Å². The lowest BCUT2D eigenvalue weighted by atomic mass is 9.86. The maximum Gasteiger partial charge on any atom is 0.226 e. The highest BCUT2D eigenvalue weighted by molar-refractivity contribution is 5.80. The van der Waals surface area contributed by atoms with Crippen LogP contribution in [-0.2, 0) is 16.6 Å². The minimum Gasteiger partial charge on any atom is -0.508 e. The summed E-state index contributed by atoms with van der Waals surface area (Å²) < 4.78 is 5.94. The number of nitrogens with zero attached hydrogens (tertiary/aromatic N) is 2. The van der Waals surface area contributed by atoms with Crippen LogP contribution in [0.25, 0.3) is 5.76 Å². The molecule has 5 heteroatoms. The normalized spacial score (nSPS) is 11.1. The third-order valence-electron chi connectivity index (χ3n) is 4.37. The Labute approximate surface area is 161 Å². The van der Waals surface area contributed by atoms with Crippen LogP contribution in [0.4, 0.5) is 0 Å². The van der Waals surface area contributed by atoms with Crippen LogP contribution in [0.2, 0.25) is 0 Å². The average molecular weight is 368 g/mol. The van der Waals surface area contributed by atoms with E-state index in [2.05, 4.69) is 38.4 Å². The highest BCUT2D eigenvalue weighted by Gasteiger charge is 2.19. The van der Waals surface area contributed by atoms with Gasteiger partial charge in [0.1, 0.15) is 18.1 Å². The van der Waals surface area contributed by atoms with Gasteiger partial charge < -0.3 is 14.7 Å². The number of benzene rings is 1. The van der Waals surface area contributed by atoms with Gasteiger partial charge in [0.15, 0.2) is 0 Å². The fourth-order valence-electron chi connectivity index (χ4n) is 2.76. The molecule has 1 heterocycles. The van der Waals surface area contributed by atoms with Crippen LogP contribution >= 0.6 is 0 Å². The van der Waals surface area contributed by atoms with Crippen LogP contribution < -0.4 is 4.74 Å². The van der Waals surface area contributed by atoms with Crippen molar-refractivity contribution in [3.63, 3.8) is 0 Å². The van der Waals surface area contributed by atoms with Crippen molar-refractivity contribution in [1.82, 2.24) is 9.88 Å². The molecule has 0 aliphatic rings. The SMILES string of the molecule is C=C(O)c1cnccc1CC(=O)N(C)CCOc1ccccc1C(C)(C)C. The molecule has 0 unspecified atom stereocenters. The van der Waals surface area contributed by atoms with Gasteiger partial charge in [-0.3, -0.25) is 9.78 Å². The van der Waals surface area contributed by atoms with Gasteiger partial charge in [-0.1, -0.05) is 45.5 Å². The lowest BCUT2D eigenvalue weighted by Gasteiger charge is -2.24. The molecule has 1 aromatic carbocycles. The van der Waals surface area contributed by atoms with Crippen molar-refractivity contribution in [3.8, 4) is 5.75 Å². The van der Waals surface area contributed by atoms with Crippen molar-refractivity contribution >= 4 is 11.7 Å². The van der Waals surface area contributed by atoms with Crippen LogP contribution in [0.1, 0.15) is 37.5 Å². The van der Waals surface area contributed by atoms with Gasteiger partial charge in [0, 0.05) is 25.0 Å². The molecule has 1 N–H and O–H groups in total. The molecular weight excluding hydrogens is 340 g/mol. The van der Waals surface area contributed by atoms with Gasteiger partial charge in [-0.2, -0.15) is 0 Å². The Morgan fingerprint density at radius 2 is 1.96 bits per heavy atom. The van der Waals surface area contributed by atoms with Gasteiger partial charge in [-0.05, 0) is 28.7 Å². The summed E-state index contributed by atoms with van der Waals surface area (Å²) in [5, 5.41) is 9.64. The standard InChI is InChI=1S/C22H28N2O3/c1-16(25)18-15-23-11-10-17(18)14-21(26)24(5)12-13-27-20-9-7-6-8-19(20)22(2,3)4/h6-11,15,25H,1,12-14H2,2-5H3. The molecule has 0 spiro atoms. The van der Waals surface area contributed by atoms with E-state index in [1.54, 1.807) is 24.2 Å². The second-order valence-corrected chi connectivity index (χ2v) is 7.57. The number of amides is 1. The summed E-state index contributed by atoms with van der Waals surface area (Å²) in [5.74, 6) is 0.700. The van der Waals surface area contributed by atoms with Crippen molar-refractivity contribution in [1.29, 1.82) is 0 Å². The number of aliphatic hydroxyl groups is 1. The molecule has 2 aromatic rings. The number of aromatic nitrogens is 1. The van der Waals surface area contributed by atoms with Crippen molar-refractivity contribution in [2.75, 3.05) is 20.2 Å². The molecule has 0 saturated carbocycles. The second-order valence-electron chi connectivity index (χ2n) is 7.57. The molecule has 0 aliphatic carbocycles. The highest BCUT2D eigenvalue weighted by Crippen LogP contribution is 2.30. The summed E-state index contributed by atoms with van der Waals surface area (Å²) in [6.07, 6.45) is 3.28. The van der Waals surface area contributed by atoms with E-state index in [-0.39, 0.29) is 23.5 Å². The third kappa shape index (κ3) is 5.58. The zero-order chi connectivity index (χ0) is 20.0. The Hall–Kier alpha value is -2.82. The third-order valence-corrected chi connectivity index (χ3v) is 4.37. The Kier molecular flexibility index (Phi) is 6.61. The van der Waals surface area contributed by atoms with E-state index in [9.17, 15) is 9.90 Å².